The molecule has 0 amide bonds. The molecule has 0 bridgehead atoms. The molecule has 3 N–H and O–H groups in total. The molecule has 0 spiro atoms. The van der Waals surface area contributed by atoms with E-state index < -0.39 is 0 Å². The Morgan fingerprint density at radius 1 is 1.36 bits per heavy atom. The molecular formula is C11H17FN2. The average Bonchev–Trinajstić information content (AvgIpc) is 2.06. The second-order valence-electron chi connectivity index (χ2n) is 4.42. The molecule has 0 aromatic heterocycles. The maximum Gasteiger partial charge on any atom is 0.146 e. The van der Waals surface area contributed by atoms with Gasteiger partial charge < -0.3 is 11.1 Å². The molecule has 0 aliphatic heterocycles. The first kappa shape index (κ1) is 11.0. The van der Waals surface area contributed by atoms with Gasteiger partial charge in [0, 0.05) is 12.1 Å². The summed E-state index contributed by atoms with van der Waals surface area (Å²) in [5.74, 6) is -0.349. The molecule has 0 unspecified atom stereocenters. The Balaban J connectivity index is 2.73. The lowest BCUT2D eigenvalue weighted by Gasteiger charge is -2.21. The summed E-state index contributed by atoms with van der Waals surface area (Å²) in [6, 6.07) is 4.87. The molecular weight excluding hydrogens is 179 g/mol. The Labute approximate surface area is 84.3 Å². The van der Waals surface area contributed by atoms with Crippen LogP contribution in [0.1, 0.15) is 26.3 Å². The van der Waals surface area contributed by atoms with Crippen molar-refractivity contribution in [3.05, 3.63) is 29.6 Å². The van der Waals surface area contributed by atoms with Crippen LogP contribution in [0.4, 0.5) is 10.1 Å². The van der Waals surface area contributed by atoms with Gasteiger partial charge in [-0.15, -0.1) is 0 Å². The van der Waals surface area contributed by atoms with Gasteiger partial charge in [0.1, 0.15) is 5.82 Å². The lowest BCUT2D eigenvalue weighted by molar-refractivity contribution is 0.424. The third-order valence-electron chi connectivity index (χ3n) is 1.95. The van der Waals surface area contributed by atoms with Crippen LogP contribution in [0.15, 0.2) is 18.2 Å². The van der Waals surface area contributed by atoms with Crippen LogP contribution < -0.4 is 11.1 Å². The number of nitrogens with one attached hydrogen (secondary N) is 1. The topological polar surface area (TPSA) is 38.0 Å². The number of hydrogen-bond donors (Lipinski definition) is 2. The number of nitrogen functional groups attached to an aromatic ring is 1. The van der Waals surface area contributed by atoms with Gasteiger partial charge in [-0.25, -0.2) is 4.39 Å². The minimum Gasteiger partial charge on any atom is -0.396 e. The molecule has 1 aromatic carbocycles. The summed E-state index contributed by atoms with van der Waals surface area (Å²) in [7, 11) is 0. The highest BCUT2D eigenvalue weighted by atomic mass is 19.1. The number of anilines is 1. The maximum absolute atomic E-state index is 13.0. The summed E-state index contributed by atoms with van der Waals surface area (Å²) in [5.41, 5.74) is 6.66. The normalized spacial score (nSPS) is 11.7. The number of hydrogen-bond acceptors (Lipinski definition) is 2. The number of benzene rings is 1. The SMILES string of the molecule is CC(C)(C)NCc1cccc(F)c1N. The predicted octanol–water partition coefficient (Wildman–Crippen LogP) is 2.30. The molecule has 0 heterocycles. The van der Waals surface area contributed by atoms with Crippen molar-refractivity contribution in [3.63, 3.8) is 0 Å². The second kappa shape index (κ2) is 3.96. The van der Waals surface area contributed by atoms with Gasteiger partial charge in [0.05, 0.1) is 5.69 Å². The van der Waals surface area contributed by atoms with E-state index in [-0.39, 0.29) is 17.0 Å². The van der Waals surface area contributed by atoms with Crippen molar-refractivity contribution in [3.8, 4) is 0 Å². The van der Waals surface area contributed by atoms with Crippen LogP contribution in [0.3, 0.4) is 0 Å². The first-order valence-electron chi connectivity index (χ1n) is 4.68. The molecule has 3 heteroatoms. The van der Waals surface area contributed by atoms with Crippen molar-refractivity contribution in [1.29, 1.82) is 0 Å². The van der Waals surface area contributed by atoms with Crippen LogP contribution in [0.25, 0.3) is 0 Å². The van der Waals surface area contributed by atoms with Crippen LogP contribution in [0, 0.1) is 5.82 Å². The number of para-hydroxylation sites is 1. The molecule has 14 heavy (non-hydrogen) atoms. The van der Waals surface area contributed by atoms with Gasteiger partial charge in [-0.2, -0.15) is 0 Å². The Bertz CT molecular complexity index is 316. The average molecular weight is 196 g/mol. The van der Waals surface area contributed by atoms with Crippen molar-refractivity contribution >= 4 is 5.69 Å². The first-order valence-corrected chi connectivity index (χ1v) is 4.68. The van der Waals surface area contributed by atoms with Crippen LogP contribution >= 0.6 is 0 Å². The number of nitrogens with two attached hydrogens (primary N) is 1. The molecule has 0 saturated heterocycles. The second-order valence-corrected chi connectivity index (χ2v) is 4.42. The third-order valence-corrected chi connectivity index (χ3v) is 1.95. The Morgan fingerprint density at radius 2 is 2.00 bits per heavy atom. The molecule has 1 rings (SSSR count). The molecule has 2 nitrogen and oxygen atoms in total. The van der Waals surface area contributed by atoms with Gasteiger partial charge in [0.25, 0.3) is 0 Å². The van der Waals surface area contributed by atoms with Crippen LogP contribution in [-0.4, -0.2) is 5.54 Å². The molecule has 0 fully saturated rings. The highest BCUT2D eigenvalue weighted by Gasteiger charge is 2.10. The van der Waals surface area contributed by atoms with Gasteiger partial charge in [0.15, 0.2) is 0 Å². The summed E-state index contributed by atoms with van der Waals surface area (Å²) < 4.78 is 13.0. The monoisotopic (exact) mass is 196 g/mol. The molecule has 0 aliphatic carbocycles. The van der Waals surface area contributed by atoms with Crippen molar-refractivity contribution in [2.24, 2.45) is 0 Å². The van der Waals surface area contributed by atoms with Gasteiger partial charge in [-0.05, 0) is 32.4 Å². The molecule has 0 atom stereocenters. The molecule has 0 saturated carbocycles. The lowest BCUT2D eigenvalue weighted by atomic mass is 10.1. The van der Waals surface area contributed by atoms with E-state index in [1.165, 1.54) is 6.07 Å². The van der Waals surface area contributed by atoms with E-state index >= 15 is 0 Å². The summed E-state index contributed by atoms with van der Waals surface area (Å²) in [6.07, 6.45) is 0. The van der Waals surface area contributed by atoms with Crippen LogP contribution in [-0.2, 0) is 6.54 Å². The van der Waals surface area contributed by atoms with Gasteiger partial charge in [0.2, 0.25) is 0 Å². The van der Waals surface area contributed by atoms with E-state index in [1.54, 1.807) is 6.07 Å². The fourth-order valence-electron chi connectivity index (χ4n) is 1.10. The van der Waals surface area contributed by atoms with Crippen molar-refractivity contribution in [2.75, 3.05) is 5.73 Å². The van der Waals surface area contributed by atoms with Gasteiger partial charge in [-0.1, -0.05) is 12.1 Å². The van der Waals surface area contributed by atoms with Crippen molar-refractivity contribution in [1.82, 2.24) is 5.32 Å². The zero-order valence-electron chi connectivity index (χ0n) is 8.89. The van der Waals surface area contributed by atoms with Gasteiger partial charge >= 0.3 is 0 Å². The number of rotatable bonds is 2. The standard InChI is InChI=1S/C11H17FN2/c1-11(2,3)14-7-8-5-4-6-9(12)10(8)13/h4-6,14H,7,13H2,1-3H3. The Hall–Kier alpha value is -1.09. The smallest absolute Gasteiger partial charge is 0.146 e. The fraction of sp³-hybridized carbons (Fsp3) is 0.455. The maximum atomic E-state index is 13.0. The molecule has 78 valence electrons. The van der Waals surface area contributed by atoms with E-state index in [0.717, 1.165) is 5.56 Å². The first-order chi connectivity index (χ1) is 6.40. The van der Waals surface area contributed by atoms with E-state index in [9.17, 15) is 4.39 Å². The molecule has 0 aliphatic rings. The minimum atomic E-state index is -0.349. The minimum absolute atomic E-state index is 0.0127. The number of halogens is 1. The fourth-order valence-corrected chi connectivity index (χ4v) is 1.10. The lowest BCUT2D eigenvalue weighted by Crippen LogP contribution is -2.35. The van der Waals surface area contributed by atoms with Crippen LogP contribution in [0.2, 0.25) is 0 Å². The van der Waals surface area contributed by atoms with E-state index in [4.69, 9.17) is 5.73 Å². The quantitative estimate of drug-likeness (QED) is 0.712. The Kier molecular flexibility index (Phi) is 3.11. The zero-order valence-corrected chi connectivity index (χ0v) is 8.89. The summed E-state index contributed by atoms with van der Waals surface area (Å²) in [5, 5.41) is 3.26. The van der Waals surface area contributed by atoms with E-state index in [2.05, 4.69) is 26.1 Å². The highest BCUT2D eigenvalue weighted by molar-refractivity contribution is 5.47. The van der Waals surface area contributed by atoms with Crippen molar-refractivity contribution < 1.29 is 4.39 Å². The summed E-state index contributed by atoms with van der Waals surface area (Å²) >= 11 is 0. The van der Waals surface area contributed by atoms with Crippen LogP contribution in [0.5, 0.6) is 0 Å². The predicted molar refractivity (Wildman–Crippen MR) is 57.4 cm³/mol. The van der Waals surface area contributed by atoms with Crippen molar-refractivity contribution in [2.45, 2.75) is 32.9 Å². The summed E-state index contributed by atoms with van der Waals surface area (Å²) in [6.45, 7) is 6.76. The molecule has 0 radical (unpaired) electrons. The Morgan fingerprint density at radius 3 is 2.57 bits per heavy atom. The zero-order chi connectivity index (χ0) is 10.8. The van der Waals surface area contributed by atoms with Gasteiger partial charge in [-0.3, -0.25) is 0 Å². The molecule has 1 aromatic rings. The third kappa shape index (κ3) is 3.00. The van der Waals surface area contributed by atoms with E-state index in [0.29, 0.717) is 6.54 Å². The highest BCUT2D eigenvalue weighted by Crippen LogP contribution is 2.16. The largest absolute Gasteiger partial charge is 0.396 e. The van der Waals surface area contributed by atoms with E-state index in [1.807, 2.05) is 6.07 Å². The summed E-state index contributed by atoms with van der Waals surface area (Å²) in [4.78, 5) is 0.